The second-order valence-corrected chi connectivity index (χ2v) is 9.71. The number of nitrogens with zero attached hydrogens (tertiary/aromatic N) is 4. The number of piperazine rings is 1. The van der Waals surface area contributed by atoms with E-state index in [-0.39, 0.29) is 10.6 Å². The van der Waals surface area contributed by atoms with Crippen molar-refractivity contribution in [2.75, 3.05) is 52.4 Å². The highest BCUT2D eigenvalue weighted by molar-refractivity contribution is 7.89. The lowest BCUT2D eigenvalue weighted by atomic mass is 9.99. The van der Waals surface area contributed by atoms with E-state index in [1.54, 1.807) is 0 Å². The fourth-order valence-corrected chi connectivity index (χ4v) is 5.77. The van der Waals surface area contributed by atoms with Crippen LogP contribution in [0.15, 0.2) is 29.2 Å². The van der Waals surface area contributed by atoms with Gasteiger partial charge in [-0.15, -0.1) is 0 Å². The summed E-state index contributed by atoms with van der Waals surface area (Å²) in [5, 5.41) is 14.1. The van der Waals surface area contributed by atoms with E-state index in [0.29, 0.717) is 25.2 Å². The van der Waals surface area contributed by atoms with E-state index in [2.05, 4.69) is 15.1 Å². The third-order valence-electron chi connectivity index (χ3n) is 6.25. The van der Waals surface area contributed by atoms with Gasteiger partial charge in [-0.3, -0.25) is 19.9 Å². The third-order valence-corrected chi connectivity index (χ3v) is 8.16. The molecular weight excluding hydrogens is 382 g/mol. The molecule has 10 heteroatoms. The van der Waals surface area contributed by atoms with Gasteiger partial charge < -0.3 is 5.32 Å². The average Bonchev–Trinajstić information content (AvgIpc) is 2.67. The first-order valence-corrected chi connectivity index (χ1v) is 11.3. The molecule has 4 rings (SSSR count). The van der Waals surface area contributed by atoms with Crippen molar-refractivity contribution in [2.24, 2.45) is 0 Å². The Labute approximate surface area is 165 Å². The highest BCUT2D eigenvalue weighted by atomic mass is 32.2. The fraction of sp³-hybridized carbons (Fsp3) is 0.667. The average molecular weight is 410 g/mol. The molecule has 9 nitrogen and oxygen atoms in total. The molecule has 154 valence electrons. The van der Waals surface area contributed by atoms with E-state index >= 15 is 0 Å². The summed E-state index contributed by atoms with van der Waals surface area (Å²) in [5.74, 6) is 0. The van der Waals surface area contributed by atoms with Crippen LogP contribution in [0.5, 0.6) is 0 Å². The number of benzene rings is 1. The SMILES string of the molecule is O=[N+]([O-])c1ccc(S(=O)(=O)N2CCN(C3CCN(C4CNC4)CC3)CC2)cc1. The Morgan fingerprint density at radius 1 is 0.893 bits per heavy atom. The largest absolute Gasteiger partial charge is 0.314 e. The molecule has 0 bridgehead atoms. The van der Waals surface area contributed by atoms with Crippen molar-refractivity contribution < 1.29 is 13.3 Å². The first-order valence-electron chi connectivity index (χ1n) is 9.88. The van der Waals surface area contributed by atoms with Crippen molar-refractivity contribution in [3.05, 3.63) is 34.4 Å². The van der Waals surface area contributed by atoms with Gasteiger partial charge >= 0.3 is 0 Å². The predicted octanol–water partition coefficient (Wildman–Crippen LogP) is 0.337. The van der Waals surface area contributed by atoms with Crippen molar-refractivity contribution in [2.45, 2.75) is 29.8 Å². The van der Waals surface area contributed by atoms with Crippen LogP contribution in [0.4, 0.5) is 5.69 Å². The van der Waals surface area contributed by atoms with E-state index in [1.165, 1.54) is 28.6 Å². The molecule has 3 saturated heterocycles. The highest BCUT2D eigenvalue weighted by Gasteiger charge is 2.34. The van der Waals surface area contributed by atoms with Crippen LogP contribution in [0.25, 0.3) is 0 Å². The van der Waals surface area contributed by atoms with E-state index in [1.807, 2.05) is 0 Å². The molecule has 28 heavy (non-hydrogen) atoms. The van der Waals surface area contributed by atoms with Gasteiger partial charge in [0.2, 0.25) is 10.0 Å². The molecule has 0 saturated carbocycles. The lowest BCUT2D eigenvalue weighted by Crippen LogP contribution is -2.61. The first kappa shape index (κ1) is 19.7. The zero-order chi connectivity index (χ0) is 19.7. The van der Waals surface area contributed by atoms with Crippen molar-refractivity contribution in [1.82, 2.24) is 19.4 Å². The zero-order valence-corrected chi connectivity index (χ0v) is 16.7. The minimum Gasteiger partial charge on any atom is -0.314 e. The predicted molar refractivity (Wildman–Crippen MR) is 105 cm³/mol. The molecular formula is C18H27N5O4S. The standard InChI is InChI=1S/C18H27N5O4S/c24-23(25)16-1-3-18(4-2-16)28(26,27)22-11-9-21(10-12-22)15-5-7-20(8-6-15)17-13-19-14-17/h1-4,15,17,19H,5-14H2. The van der Waals surface area contributed by atoms with E-state index < -0.39 is 14.9 Å². The number of hydrogen-bond acceptors (Lipinski definition) is 7. The molecule has 1 aromatic carbocycles. The minimum atomic E-state index is -3.61. The molecule has 1 N–H and O–H groups in total. The molecule has 3 fully saturated rings. The summed E-state index contributed by atoms with van der Waals surface area (Å²) in [7, 11) is -3.61. The van der Waals surface area contributed by atoms with Crippen LogP contribution < -0.4 is 5.32 Å². The Hall–Kier alpha value is -1.59. The van der Waals surface area contributed by atoms with Crippen molar-refractivity contribution in [3.8, 4) is 0 Å². The van der Waals surface area contributed by atoms with Gasteiger partial charge in [-0.1, -0.05) is 0 Å². The number of non-ortho nitro benzene ring substituents is 1. The number of likely N-dealkylation sites (tertiary alicyclic amines) is 1. The van der Waals surface area contributed by atoms with Crippen LogP contribution in [0.2, 0.25) is 0 Å². The topological polar surface area (TPSA) is 99.0 Å². The number of nitrogens with one attached hydrogen (secondary N) is 1. The summed E-state index contributed by atoms with van der Waals surface area (Å²) < 4.78 is 27.2. The van der Waals surface area contributed by atoms with Gasteiger partial charge in [-0.05, 0) is 25.0 Å². The van der Waals surface area contributed by atoms with Gasteiger partial charge in [-0.2, -0.15) is 4.31 Å². The molecule has 0 amide bonds. The van der Waals surface area contributed by atoms with E-state index in [4.69, 9.17) is 0 Å². The Bertz CT molecular complexity index is 796. The molecule has 0 aromatic heterocycles. The Kier molecular flexibility index (Phi) is 5.66. The molecule has 1 aromatic rings. The van der Waals surface area contributed by atoms with Gasteiger partial charge in [-0.25, -0.2) is 8.42 Å². The van der Waals surface area contributed by atoms with Crippen LogP contribution in [-0.4, -0.2) is 91.9 Å². The maximum absolute atomic E-state index is 12.8. The second kappa shape index (κ2) is 8.03. The van der Waals surface area contributed by atoms with E-state index in [0.717, 1.165) is 52.1 Å². The van der Waals surface area contributed by atoms with E-state index in [9.17, 15) is 18.5 Å². The van der Waals surface area contributed by atoms with Crippen LogP contribution in [0.3, 0.4) is 0 Å². The summed E-state index contributed by atoms with van der Waals surface area (Å²) >= 11 is 0. The summed E-state index contributed by atoms with van der Waals surface area (Å²) in [6.45, 7) is 6.85. The number of nitro groups is 1. The lowest BCUT2D eigenvalue weighted by molar-refractivity contribution is -0.384. The maximum atomic E-state index is 12.8. The lowest BCUT2D eigenvalue weighted by Gasteiger charge is -2.46. The quantitative estimate of drug-likeness (QED) is 0.553. The normalized spacial score (nSPS) is 24.1. The molecule has 0 radical (unpaired) electrons. The molecule has 3 aliphatic rings. The smallest absolute Gasteiger partial charge is 0.269 e. The number of nitro benzene ring substituents is 1. The molecule has 3 aliphatic heterocycles. The number of piperidine rings is 1. The van der Waals surface area contributed by atoms with Crippen LogP contribution in [-0.2, 0) is 10.0 Å². The van der Waals surface area contributed by atoms with Crippen LogP contribution in [0.1, 0.15) is 12.8 Å². The maximum Gasteiger partial charge on any atom is 0.269 e. The van der Waals surface area contributed by atoms with Crippen molar-refractivity contribution >= 4 is 15.7 Å². The summed E-state index contributed by atoms with van der Waals surface area (Å²) in [4.78, 5) is 15.4. The Morgan fingerprint density at radius 3 is 1.96 bits per heavy atom. The number of hydrogen-bond donors (Lipinski definition) is 1. The van der Waals surface area contributed by atoms with Gasteiger partial charge in [0.15, 0.2) is 0 Å². The van der Waals surface area contributed by atoms with Crippen LogP contribution in [0, 0.1) is 10.1 Å². The zero-order valence-electron chi connectivity index (χ0n) is 15.9. The molecule has 3 heterocycles. The van der Waals surface area contributed by atoms with Gasteiger partial charge in [0.1, 0.15) is 0 Å². The van der Waals surface area contributed by atoms with Gasteiger partial charge in [0, 0.05) is 76.6 Å². The first-order chi connectivity index (χ1) is 13.4. The molecule has 0 spiro atoms. The second-order valence-electron chi connectivity index (χ2n) is 7.77. The molecule has 0 aliphatic carbocycles. The van der Waals surface area contributed by atoms with Gasteiger partial charge in [0.05, 0.1) is 9.82 Å². The summed E-state index contributed by atoms with van der Waals surface area (Å²) in [5.41, 5.74) is -0.104. The minimum absolute atomic E-state index is 0.104. The Morgan fingerprint density at radius 2 is 1.46 bits per heavy atom. The monoisotopic (exact) mass is 409 g/mol. The van der Waals surface area contributed by atoms with Crippen molar-refractivity contribution in [3.63, 3.8) is 0 Å². The highest BCUT2D eigenvalue weighted by Crippen LogP contribution is 2.24. The summed E-state index contributed by atoms with van der Waals surface area (Å²) in [6, 6.07) is 6.37. The number of sulfonamides is 1. The Balaban J connectivity index is 1.31. The van der Waals surface area contributed by atoms with Crippen molar-refractivity contribution in [1.29, 1.82) is 0 Å². The molecule has 0 atom stereocenters. The number of rotatable bonds is 5. The molecule has 0 unspecified atom stereocenters. The fourth-order valence-electron chi connectivity index (χ4n) is 4.35. The van der Waals surface area contributed by atoms with Gasteiger partial charge in [0.25, 0.3) is 5.69 Å². The third kappa shape index (κ3) is 3.92. The van der Waals surface area contributed by atoms with Crippen LogP contribution >= 0.6 is 0 Å². The summed E-state index contributed by atoms with van der Waals surface area (Å²) in [6.07, 6.45) is 2.29.